The fourth-order valence-electron chi connectivity index (χ4n) is 4.92. The molecule has 6 rings (SSSR count). The molecule has 2 aromatic heterocycles. The summed E-state index contributed by atoms with van der Waals surface area (Å²) in [4.78, 5) is 21.2. The van der Waals surface area contributed by atoms with Gasteiger partial charge in [-0.3, -0.25) is 14.3 Å². The quantitative estimate of drug-likeness (QED) is 0.407. The number of phenolic OH excluding ortho intramolecular Hbond substituents is 1. The maximum Gasteiger partial charge on any atom is 0.275 e. The Bertz CT molecular complexity index is 1460. The van der Waals surface area contributed by atoms with Crippen molar-refractivity contribution in [2.45, 2.75) is 6.42 Å². The highest BCUT2D eigenvalue weighted by atomic mass is 32.1. The highest BCUT2D eigenvalue weighted by Gasteiger charge is 2.44. The molecule has 4 heterocycles. The van der Waals surface area contributed by atoms with E-state index < -0.39 is 0 Å². The standard InChI is InChI=1S/C27H27N3O5S/c1-33-23-12-19(4-7-22(23)35-11-10-29-9-8-27(14-29)15-34-16-27)30-17-28-21-13-24(36-25(21)26(30)32)18-2-5-20(31)6-3-18/h2-7,12-13,17,31H,8-11,14-16H2,1H3. The normalized spacial score (nSPS) is 16.9. The van der Waals surface area contributed by atoms with Crippen LogP contribution in [0, 0.1) is 5.41 Å². The number of hydrogen-bond acceptors (Lipinski definition) is 8. The Morgan fingerprint density at radius 1 is 1.14 bits per heavy atom. The van der Waals surface area contributed by atoms with Crippen LogP contribution in [0.1, 0.15) is 6.42 Å². The molecule has 0 aliphatic carbocycles. The maximum absolute atomic E-state index is 13.3. The van der Waals surface area contributed by atoms with Crippen LogP contribution in [0.15, 0.2) is 59.7 Å². The molecule has 9 heteroatoms. The van der Waals surface area contributed by atoms with E-state index in [0.717, 1.165) is 43.3 Å². The van der Waals surface area contributed by atoms with Crippen LogP contribution in [0.25, 0.3) is 26.3 Å². The van der Waals surface area contributed by atoms with Gasteiger partial charge in [0.15, 0.2) is 11.5 Å². The molecule has 2 aliphatic rings. The summed E-state index contributed by atoms with van der Waals surface area (Å²) in [6, 6.07) is 14.3. The number of ether oxygens (including phenoxy) is 3. The largest absolute Gasteiger partial charge is 0.508 e. The van der Waals surface area contributed by atoms with Crippen molar-refractivity contribution in [1.82, 2.24) is 14.5 Å². The highest BCUT2D eigenvalue weighted by Crippen LogP contribution is 2.37. The summed E-state index contributed by atoms with van der Waals surface area (Å²) >= 11 is 1.39. The number of nitrogens with zero attached hydrogens (tertiary/aromatic N) is 3. The van der Waals surface area contributed by atoms with Crippen molar-refractivity contribution in [1.29, 1.82) is 0 Å². The lowest BCUT2D eigenvalue weighted by molar-refractivity contribution is -0.105. The lowest BCUT2D eigenvalue weighted by Gasteiger charge is -2.37. The van der Waals surface area contributed by atoms with Gasteiger partial charge in [0.05, 0.1) is 31.5 Å². The van der Waals surface area contributed by atoms with Gasteiger partial charge in [-0.15, -0.1) is 11.3 Å². The number of aromatic nitrogens is 2. The zero-order valence-corrected chi connectivity index (χ0v) is 20.8. The van der Waals surface area contributed by atoms with Crippen molar-refractivity contribution in [2.24, 2.45) is 5.41 Å². The fourth-order valence-corrected chi connectivity index (χ4v) is 5.97. The molecule has 8 nitrogen and oxygen atoms in total. The van der Waals surface area contributed by atoms with E-state index >= 15 is 0 Å². The number of phenols is 1. The molecule has 4 aromatic rings. The summed E-state index contributed by atoms with van der Waals surface area (Å²) in [5.41, 5.74) is 2.46. The van der Waals surface area contributed by atoms with E-state index in [1.807, 2.05) is 30.3 Å². The van der Waals surface area contributed by atoms with Crippen molar-refractivity contribution in [3.63, 3.8) is 0 Å². The number of thiophene rings is 1. The smallest absolute Gasteiger partial charge is 0.275 e. The Morgan fingerprint density at radius 3 is 2.69 bits per heavy atom. The number of rotatable bonds is 7. The van der Waals surface area contributed by atoms with Crippen molar-refractivity contribution >= 4 is 21.6 Å². The van der Waals surface area contributed by atoms with E-state index in [9.17, 15) is 9.90 Å². The number of methoxy groups -OCH3 is 1. The molecule has 36 heavy (non-hydrogen) atoms. The highest BCUT2D eigenvalue weighted by molar-refractivity contribution is 7.22. The van der Waals surface area contributed by atoms with Crippen molar-refractivity contribution in [2.75, 3.05) is 46.6 Å². The first kappa shape index (κ1) is 23.0. The van der Waals surface area contributed by atoms with E-state index in [2.05, 4.69) is 9.88 Å². The van der Waals surface area contributed by atoms with Crippen LogP contribution >= 0.6 is 11.3 Å². The van der Waals surface area contributed by atoms with Crippen molar-refractivity contribution in [3.05, 3.63) is 65.2 Å². The van der Waals surface area contributed by atoms with Gasteiger partial charge in [-0.25, -0.2) is 4.98 Å². The second kappa shape index (κ2) is 9.24. The summed E-state index contributed by atoms with van der Waals surface area (Å²) < 4.78 is 19.1. The number of hydrogen-bond donors (Lipinski definition) is 1. The van der Waals surface area contributed by atoms with Gasteiger partial charge in [-0.1, -0.05) is 0 Å². The van der Waals surface area contributed by atoms with Crippen LogP contribution in [0.4, 0.5) is 0 Å². The van der Waals surface area contributed by atoms with E-state index in [1.54, 1.807) is 31.6 Å². The van der Waals surface area contributed by atoms with Gasteiger partial charge in [0.2, 0.25) is 0 Å². The summed E-state index contributed by atoms with van der Waals surface area (Å²) in [7, 11) is 1.60. The van der Waals surface area contributed by atoms with Gasteiger partial charge in [0, 0.05) is 29.4 Å². The molecular formula is C27H27N3O5S. The van der Waals surface area contributed by atoms with E-state index in [0.29, 0.717) is 39.4 Å². The molecule has 0 atom stereocenters. The predicted octanol–water partition coefficient (Wildman–Crippen LogP) is 3.93. The summed E-state index contributed by atoms with van der Waals surface area (Å²) in [6.07, 6.45) is 2.74. The molecule has 0 unspecified atom stereocenters. The van der Waals surface area contributed by atoms with E-state index in [4.69, 9.17) is 14.2 Å². The van der Waals surface area contributed by atoms with Crippen LogP contribution in [-0.4, -0.2) is 66.1 Å². The molecular weight excluding hydrogens is 478 g/mol. The Morgan fingerprint density at radius 2 is 1.97 bits per heavy atom. The first-order valence-corrected chi connectivity index (χ1v) is 12.8. The van der Waals surface area contributed by atoms with Crippen molar-refractivity contribution in [3.8, 4) is 33.4 Å². The third-order valence-corrected chi connectivity index (χ3v) is 8.18. The van der Waals surface area contributed by atoms with Crippen LogP contribution in [0.5, 0.6) is 17.2 Å². The van der Waals surface area contributed by atoms with Crippen LogP contribution in [-0.2, 0) is 4.74 Å². The van der Waals surface area contributed by atoms with E-state index in [-0.39, 0.29) is 11.3 Å². The average molecular weight is 506 g/mol. The Balaban J connectivity index is 1.20. The zero-order chi connectivity index (χ0) is 24.7. The molecule has 1 N–H and O–H groups in total. The second-order valence-corrected chi connectivity index (χ2v) is 10.5. The number of benzene rings is 2. The van der Waals surface area contributed by atoms with Gasteiger partial charge in [0.25, 0.3) is 5.56 Å². The first-order valence-electron chi connectivity index (χ1n) is 12.0. The summed E-state index contributed by atoms with van der Waals surface area (Å²) in [6.45, 7) is 5.33. The fraction of sp³-hybridized carbons (Fsp3) is 0.333. The third kappa shape index (κ3) is 4.23. The SMILES string of the molecule is COc1cc(-n2cnc3cc(-c4ccc(O)cc4)sc3c2=O)ccc1OCCN1CCC2(COC2)C1. The van der Waals surface area contributed by atoms with Gasteiger partial charge < -0.3 is 19.3 Å². The molecule has 1 spiro atoms. The lowest BCUT2D eigenvalue weighted by atomic mass is 9.85. The number of fused-ring (bicyclic) bond motifs is 1. The third-order valence-electron chi connectivity index (χ3n) is 7.01. The number of aromatic hydroxyl groups is 1. The van der Waals surface area contributed by atoms with Crippen LogP contribution in [0.2, 0.25) is 0 Å². The van der Waals surface area contributed by atoms with Crippen LogP contribution in [0.3, 0.4) is 0 Å². The van der Waals surface area contributed by atoms with Gasteiger partial charge in [0.1, 0.15) is 23.4 Å². The first-order chi connectivity index (χ1) is 17.5. The monoisotopic (exact) mass is 505 g/mol. The maximum atomic E-state index is 13.3. The predicted molar refractivity (Wildman–Crippen MR) is 139 cm³/mol. The summed E-state index contributed by atoms with van der Waals surface area (Å²) in [5.74, 6) is 1.42. The second-order valence-electron chi connectivity index (χ2n) is 9.49. The molecule has 0 bridgehead atoms. The molecule has 2 fully saturated rings. The summed E-state index contributed by atoms with van der Waals surface area (Å²) in [5, 5.41) is 9.55. The number of likely N-dealkylation sites (tertiary alicyclic amines) is 1. The van der Waals surface area contributed by atoms with Gasteiger partial charge >= 0.3 is 0 Å². The van der Waals surface area contributed by atoms with E-state index in [1.165, 1.54) is 22.3 Å². The molecule has 0 radical (unpaired) electrons. The minimum atomic E-state index is -0.145. The van der Waals surface area contributed by atoms with Gasteiger partial charge in [-0.2, -0.15) is 0 Å². The molecule has 2 aromatic carbocycles. The Labute approximate surface area is 212 Å². The topological polar surface area (TPSA) is 86.0 Å². The molecule has 0 amide bonds. The Kier molecular flexibility index (Phi) is 5.91. The van der Waals surface area contributed by atoms with Crippen molar-refractivity contribution < 1.29 is 19.3 Å². The molecule has 2 aliphatic heterocycles. The zero-order valence-electron chi connectivity index (χ0n) is 20.0. The molecule has 0 saturated carbocycles. The lowest BCUT2D eigenvalue weighted by Crippen LogP contribution is -2.44. The van der Waals surface area contributed by atoms with Gasteiger partial charge in [-0.05, 0) is 61.0 Å². The average Bonchev–Trinajstić information content (AvgIpc) is 3.51. The Hall–Kier alpha value is -3.40. The molecule has 186 valence electrons. The molecule has 2 saturated heterocycles. The minimum Gasteiger partial charge on any atom is -0.508 e. The van der Waals surface area contributed by atoms with Crippen LogP contribution < -0.4 is 15.0 Å². The minimum absolute atomic E-state index is 0.145.